The molecule has 6 nitrogen and oxygen atoms in total. The minimum atomic E-state index is -0.435. The van der Waals surface area contributed by atoms with Gasteiger partial charge in [0.25, 0.3) is 0 Å². The highest BCUT2D eigenvalue weighted by atomic mass is 16.7. The van der Waals surface area contributed by atoms with E-state index >= 15 is 0 Å². The summed E-state index contributed by atoms with van der Waals surface area (Å²) in [6.45, 7) is 5.47. The van der Waals surface area contributed by atoms with E-state index < -0.39 is 4.92 Å². The van der Waals surface area contributed by atoms with Crippen LogP contribution in [-0.2, 0) is 11.3 Å². The molecule has 0 amide bonds. The first-order valence-electron chi connectivity index (χ1n) is 7.27. The van der Waals surface area contributed by atoms with Crippen molar-refractivity contribution in [1.82, 2.24) is 5.32 Å². The average Bonchev–Trinajstić information content (AvgIpc) is 3.25. The predicted molar refractivity (Wildman–Crippen MR) is 79.2 cm³/mol. The van der Waals surface area contributed by atoms with E-state index in [0.29, 0.717) is 25.1 Å². The first-order chi connectivity index (χ1) is 10.1. The van der Waals surface area contributed by atoms with Crippen LogP contribution in [0.1, 0.15) is 32.3 Å². The summed E-state index contributed by atoms with van der Waals surface area (Å²) in [5, 5.41) is 14.3. The molecule has 116 valence electrons. The molecule has 0 aromatic heterocycles. The monoisotopic (exact) mass is 294 g/mol. The lowest BCUT2D eigenvalue weighted by molar-refractivity contribution is -0.386. The summed E-state index contributed by atoms with van der Waals surface area (Å²) in [5.41, 5.74) is 0.921. The maximum atomic E-state index is 11.0. The van der Waals surface area contributed by atoms with E-state index in [2.05, 4.69) is 19.2 Å². The molecule has 2 rings (SSSR count). The van der Waals surface area contributed by atoms with E-state index in [-0.39, 0.29) is 18.2 Å². The normalized spacial score (nSPS) is 14.4. The fourth-order valence-corrected chi connectivity index (χ4v) is 1.86. The summed E-state index contributed by atoms with van der Waals surface area (Å²) in [7, 11) is 0. The van der Waals surface area contributed by atoms with E-state index in [9.17, 15) is 10.1 Å². The maximum absolute atomic E-state index is 11.0. The van der Waals surface area contributed by atoms with Crippen LogP contribution >= 0.6 is 0 Å². The van der Waals surface area contributed by atoms with Gasteiger partial charge in [-0.3, -0.25) is 10.1 Å². The van der Waals surface area contributed by atoms with Gasteiger partial charge in [-0.05, 0) is 30.4 Å². The SMILES string of the molecule is CC(C)NCc1ccc([N+](=O)[O-])c(OCOCC2CC2)c1. The molecule has 21 heavy (non-hydrogen) atoms. The van der Waals surface area contributed by atoms with Crippen molar-refractivity contribution in [3.05, 3.63) is 33.9 Å². The van der Waals surface area contributed by atoms with Gasteiger partial charge < -0.3 is 14.8 Å². The Bertz CT molecular complexity index is 487. The third-order valence-corrected chi connectivity index (χ3v) is 3.28. The smallest absolute Gasteiger partial charge is 0.311 e. The summed E-state index contributed by atoms with van der Waals surface area (Å²) in [5.74, 6) is 0.906. The number of nitrogens with zero attached hydrogens (tertiary/aromatic N) is 1. The Morgan fingerprint density at radius 3 is 2.81 bits per heavy atom. The molecule has 1 aromatic carbocycles. The van der Waals surface area contributed by atoms with E-state index in [1.165, 1.54) is 18.9 Å². The third kappa shape index (κ3) is 5.32. The first-order valence-corrected chi connectivity index (χ1v) is 7.27. The number of hydrogen-bond donors (Lipinski definition) is 1. The molecule has 1 aliphatic rings. The molecule has 0 bridgehead atoms. The summed E-state index contributed by atoms with van der Waals surface area (Å²) in [4.78, 5) is 10.6. The van der Waals surface area contributed by atoms with Gasteiger partial charge in [0, 0.05) is 18.7 Å². The molecule has 0 heterocycles. The van der Waals surface area contributed by atoms with E-state index in [1.54, 1.807) is 12.1 Å². The zero-order valence-electron chi connectivity index (χ0n) is 12.5. The zero-order valence-corrected chi connectivity index (χ0v) is 12.5. The molecule has 1 saturated carbocycles. The van der Waals surface area contributed by atoms with Crippen molar-refractivity contribution in [2.24, 2.45) is 5.92 Å². The van der Waals surface area contributed by atoms with E-state index in [1.807, 2.05) is 0 Å². The van der Waals surface area contributed by atoms with E-state index in [4.69, 9.17) is 9.47 Å². The summed E-state index contributed by atoms with van der Waals surface area (Å²) in [6.07, 6.45) is 2.41. The summed E-state index contributed by atoms with van der Waals surface area (Å²) < 4.78 is 10.8. The van der Waals surface area contributed by atoms with Gasteiger partial charge in [-0.2, -0.15) is 0 Å². The number of rotatable bonds is 9. The summed E-state index contributed by atoms with van der Waals surface area (Å²) >= 11 is 0. The van der Waals surface area contributed by atoms with Crippen molar-refractivity contribution in [2.45, 2.75) is 39.3 Å². The van der Waals surface area contributed by atoms with Gasteiger partial charge in [-0.25, -0.2) is 0 Å². The predicted octanol–water partition coefficient (Wildman–Crippen LogP) is 2.86. The molecule has 0 aliphatic heterocycles. The highest BCUT2D eigenvalue weighted by Crippen LogP contribution is 2.30. The number of ether oxygens (including phenoxy) is 2. The maximum Gasteiger partial charge on any atom is 0.311 e. The van der Waals surface area contributed by atoms with Gasteiger partial charge >= 0.3 is 5.69 Å². The van der Waals surface area contributed by atoms with Crippen LogP contribution < -0.4 is 10.1 Å². The Hall–Kier alpha value is -1.66. The van der Waals surface area contributed by atoms with Gasteiger partial charge in [0.05, 0.1) is 11.5 Å². The second-order valence-corrected chi connectivity index (χ2v) is 5.67. The molecule has 0 saturated heterocycles. The zero-order chi connectivity index (χ0) is 15.2. The Morgan fingerprint density at radius 1 is 1.43 bits per heavy atom. The van der Waals surface area contributed by atoms with Crippen LogP contribution in [0.15, 0.2) is 18.2 Å². The molecule has 1 fully saturated rings. The Balaban J connectivity index is 1.95. The first kappa shape index (κ1) is 15.7. The summed E-state index contributed by atoms with van der Waals surface area (Å²) in [6, 6.07) is 5.28. The van der Waals surface area contributed by atoms with Crippen molar-refractivity contribution in [3.63, 3.8) is 0 Å². The van der Waals surface area contributed by atoms with Crippen LogP contribution in [0.3, 0.4) is 0 Å². The van der Waals surface area contributed by atoms with Gasteiger partial charge in [0.1, 0.15) is 0 Å². The quantitative estimate of drug-likeness (QED) is 0.328. The Labute approximate surface area is 124 Å². The molecule has 6 heteroatoms. The minimum absolute atomic E-state index is 0.0293. The molecule has 1 aliphatic carbocycles. The van der Waals surface area contributed by atoms with Gasteiger partial charge in [0.15, 0.2) is 12.5 Å². The molecule has 1 aromatic rings. The van der Waals surface area contributed by atoms with Crippen molar-refractivity contribution in [2.75, 3.05) is 13.4 Å². The molecule has 0 spiro atoms. The van der Waals surface area contributed by atoms with Crippen LogP contribution in [0.4, 0.5) is 5.69 Å². The third-order valence-electron chi connectivity index (χ3n) is 3.28. The van der Waals surface area contributed by atoms with Crippen LogP contribution in [-0.4, -0.2) is 24.4 Å². The molecule has 0 atom stereocenters. The average molecular weight is 294 g/mol. The van der Waals surface area contributed by atoms with Gasteiger partial charge in [-0.15, -0.1) is 0 Å². The van der Waals surface area contributed by atoms with Crippen LogP contribution in [0.5, 0.6) is 5.75 Å². The fraction of sp³-hybridized carbons (Fsp3) is 0.600. The largest absolute Gasteiger partial charge is 0.460 e. The van der Waals surface area contributed by atoms with Crippen LogP contribution in [0, 0.1) is 16.0 Å². The van der Waals surface area contributed by atoms with Gasteiger partial charge in [0.2, 0.25) is 0 Å². The van der Waals surface area contributed by atoms with Crippen molar-refractivity contribution < 1.29 is 14.4 Å². The lowest BCUT2D eigenvalue weighted by Crippen LogP contribution is -2.21. The highest BCUT2D eigenvalue weighted by molar-refractivity contribution is 5.48. The molecule has 0 radical (unpaired) electrons. The second-order valence-electron chi connectivity index (χ2n) is 5.67. The molecule has 1 N–H and O–H groups in total. The number of nitrogens with one attached hydrogen (secondary N) is 1. The Morgan fingerprint density at radius 2 is 2.19 bits per heavy atom. The molecular weight excluding hydrogens is 272 g/mol. The van der Waals surface area contributed by atoms with Crippen molar-refractivity contribution >= 4 is 5.69 Å². The van der Waals surface area contributed by atoms with Crippen molar-refractivity contribution in [3.8, 4) is 5.75 Å². The number of nitro groups is 1. The van der Waals surface area contributed by atoms with E-state index in [0.717, 1.165) is 5.56 Å². The second kappa shape index (κ2) is 7.38. The molecular formula is C15H22N2O4. The molecule has 0 unspecified atom stereocenters. The Kier molecular flexibility index (Phi) is 5.52. The lowest BCUT2D eigenvalue weighted by Gasteiger charge is -2.11. The number of hydrogen-bond acceptors (Lipinski definition) is 5. The highest BCUT2D eigenvalue weighted by Gasteiger charge is 2.21. The topological polar surface area (TPSA) is 73.6 Å². The minimum Gasteiger partial charge on any atom is -0.460 e. The lowest BCUT2D eigenvalue weighted by atomic mass is 10.2. The van der Waals surface area contributed by atoms with Crippen LogP contribution in [0.2, 0.25) is 0 Å². The van der Waals surface area contributed by atoms with Gasteiger partial charge in [-0.1, -0.05) is 19.9 Å². The fourth-order valence-electron chi connectivity index (χ4n) is 1.86. The standard InChI is InChI=1S/C15H22N2O4/c1-11(2)16-8-13-5-6-14(17(18)19)15(7-13)21-10-20-9-12-3-4-12/h5-7,11-12,16H,3-4,8-10H2,1-2H3. The van der Waals surface area contributed by atoms with Crippen LogP contribution in [0.25, 0.3) is 0 Å². The van der Waals surface area contributed by atoms with Crippen molar-refractivity contribution in [1.29, 1.82) is 0 Å². The number of nitro benzene ring substituents is 1. The number of benzene rings is 1.